The average Bonchev–Trinajstić information content (AvgIpc) is 3.53. The molecule has 1 amide bonds. The van der Waals surface area contributed by atoms with E-state index in [0.29, 0.717) is 54.5 Å². The van der Waals surface area contributed by atoms with E-state index in [1.54, 1.807) is 24.5 Å². The Kier molecular flexibility index (Phi) is 6.96. The Hall–Kier alpha value is -3.19. The van der Waals surface area contributed by atoms with E-state index < -0.39 is 15.9 Å². The van der Waals surface area contributed by atoms with Crippen LogP contribution >= 0.6 is 0 Å². The fourth-order valence-corrected chi connectivity index (χ4v) is 6.50. The molecule has 3 fully saturated rings. The maximum absolute atomic E-state index is 13.6. The van der Waals surface area contributed by atoms with Crippen LogP contribution in [0.4, 0.5) is 17.2 Å². The molecule has 1 aromatic carbocycles. The average molecular weight is 556 g/mol. The van der Waals surface area contributed by atoms with Crippen molar-refractivity contribution in [3.63, 3.8) is 0 Å². The van der Waals surface area contributed by atoms with Crippen molar-refractivity contribution >= 4 is 44.1 Å². The van der Waals surface area contributed by atoms with Crippen LogP contribution in [-0.2, 0) is 14.8 Å². The molecule has 2 saturated heterocycles. The highest BCUT2D eigenvalue weighted by atomic mass is 32.2. The molecule has 3 N–H and O–H groups in total. The number of carbonyl (C=O) groups excluding carboxylic acids is 1. The van der Waals surface area contributed by atoms with E-state index in [0.717, 1.165) is 31.3 Å². The standard InChI is InChI=1S/C27H33N5O6S/c33-13-8-28-39(35,36)20-1-2-21(23(18-20)31-9-6-27(4-5-27)7-10-31)30-26(34)22-17-19-3-14-38-24(19)25(29-22)32-11-15-37-16-12-32/h1-3,14,17-18,28,33H,4-13,15-16H2,(H,30,34). The molecule has 3 aliphatic rings. The van der Waals surface area contributed by atoms with Crippen LogP contribution in [0.1, 0.15) is 36.2 Å². The number of fused-ring (bicyclic) bond motifs is 1. The molecule has 6 rings (SSSR count). The number of ether oxygens (including phenoxy) is 1. The van der Waals surface area contributed by atoms with Gasteiger partial charge in [-0.2, -0.15) is 0 Å². The van der Waals surface area contributed by atoms with Crippen molar-refractivity contribution in [2.75, 3.05) is 67.7 Å². The smallest absolute Gasteiger partial charge is 0.274 e. The fraction of sp³-hybridized carbons (Fsp3) is 0.481. The van der Waals surface area contributed by atoms with E-state index in [2.05, 4.69) is 24.8 Å². The zero-order valence-electron chi connectivity index (χ0n) is 21.7. The molecule has 0 atom stereocenters. The molecule has 11 nitrogen and oxygen atoms in total. The number of carbonyl (C=O) groups is 1. The van der Waals surface area contributed by atoms with E-state index in [1.807, 2.05) is 6.07 Å². The number of aromatic nitrogens is 1. The number of morpholine rings is 1. The van der Waals surface area contributed by atoms with Crippen LogP contribution in [0.5, 0.6) is 0 Å². The second-order valence-corrected chi connectivity index (χ2v) is 12.3. The van der Waals surface area contributed by atoms with Crippen molar-refractivity contribution < 1.29 is 27.5 Å². The van der Waals surface area contributed by atoms with Crippen LogP contribution in [0.3, 0.4) is 0 Å². The van der Waals surface area contributed by atoms with Gasteiger partial charge in [0.25, 0.3) is 5.91 Å². The van der Waals surface area contributed by atoms with Crippen LogP contribution in [0.2, 0.25) is 0 Å². The van der Waals surface area contributed by atoms with Gasteiger partial charge in [-0.3, -0.25) is 4.79 Å². The molecule has 0 radical (unpaired) electrons. The highest BCUT2D eigenvalue weighted by Gasteiger charge is 2.44. The number of furan rings is 1. The number of nitrogens with zero attached hydrogens (tertiary/aromatic N) is 3. The zero-order chi connectivity index (χ0) is 27.0. The van der Waals surface area contributed by atoms with E-state index in [1.165, 1.54) is 18.9 Å². The predicted molar refractivity (Wildman–Crippen MR) is 147 cm³/mol. The topological polar surface area (TPSA) is 137 Å². The Morgan fingerprint density at radius 3 is 2.51 bits per heavy atom. The third-order valence-corrected chi connectivity index (χ3v) is 9.47. The first-order valence-electron chi connectivity index (χ1n) is 13.4. The van der Waals surface area contributed by atoms with Crippen molar-refractivity contribution in [3.05, 3.63) is 42.3 Å². The second-order valence-electron chi connectivity index (χ2n) is 10.5. The summed E-state index contributed by atoms with van der Waals surface area (Å²) in [4.78, 5) is 22.5. The van der Waals surface area contributed by atoms with Crippen LogP contribution in [0.25, 0.3) is 11.0 Å². The molecule has 2 aromatic heterocycles. The van der Waals surface area contributed by atoms with Crippen molar-refractivity contribution in [2.45, 2.75) is 30.6 Å². The second kappa shape index (κ2) is 10.4. The maximum Gasteiger partial charge on any atom is 0.274 e. The molecule has 1 aliphatic carbocycles. The lowest BCUT2D eigenvalue weighted by Crippen LogP contribution is -2.37. The summed E-state index contributed by atoms with van der Waals surface area (Å²) < 4.78 is 39.2. The Labute approximate surface area is 227 Å². The minimum atomic E-state index is -3.82. The predicted octanol–water partition coefficient (Wildman–Crippen LogP) is 2.57. The lowest BCUT2D eigenvalue weighted by Gasteiger charge is -2.35. The molecule has 12 heteroatoms. The summed E-state index contributed by atoms with van der Waals surface area (Å²) in [6, 6.07) is 8.21. The molecule has 3 aromatic rings. The van der Waals surface area contributed by atoms with E-state index in [-0.39, 0.29) is 23.7 Å². The summed E-state index contributed by atoms with van der Waals surface area (Å²) in [7, 11) is -3.82. The number of sulfonamides is 1. The molecule has 39 heavy (non-hydrogen) atoms. The summed E-state index contributed by atoms with van der Waals surface area (Å²) in [6.07, 6.45) is 6.17. The summed E-state index contributed by atoms with van der Waals surface area (Å²) in [5, 5.41) is 12.9. The van der Waals surface area contributed by atoms with Crippen LogP contribution < -0.4 is 19.8 Å². The van der Waals surface area contributed by atoms with Crippen molar-refractivity contribution in [1.29, 1.82) is 0 Å². The van der Waals surface area contributed by atoms with Gasteiger partial charge in [-0.1, -0.05) is 0 Å². The molecule has 208 valence electrons. The molecule has 2 aliphatic heterocycles. The van der Waals surface area contributed by atoms with E-state index in [9.17, 15) is 13.2 Å². The number of pyridine rings is 1. The molecular formula is C27H33N5O6S. The number of nitrogens with one attached hydrogen (secondary N) is 2. The summed E-state index contributed by atoms with van der Waals surface area (Å²) in [6.45, 7) is 3.65. The van der Waals surface area contributed by atoms with Crippen LogP contribution in [0, 0.1) is 5.41 Å². The third-order valence-electron chi connectivity index (χ3n) is 8.01. The molecule has 4 heterocycles. The fourth-order valence-electron chi connectivity index (χ4n) is 5.46. The number of aliphatic hydroxyl groups excluding tert-OH is 1. The highest BCUT2D eigenvalue weighted by molar-refractivity contribution is 7.89. The Morgan fingerprint density at radius 2 is 1.79 bits per heavy atom. The number of rotatable bonds is 8. The molecule has 1 saturated carbocycles. The van der Waals surface area contributed by atoms with Crippen LogP contribution in [0.15, 0.2) is 45.9 Å². The Morgan fingerprint density at radius 1 is 1.03 bits per heavy atom. The Balaban J connectivity index is 1.31. The summed E-state index contributed by atoms with van der Waals surface area (Å²) in [5.74, 6) is 0.215. The van der Waals surface area contributed by atoms with E-state index in [4.69, 9.17) is 14.3 Å². The number of hydrogen-bond acceptors (Lipinski definition) is 9. The minimum Gasteiger partial charge on any atom is -0.460 e. The van der Waals surface area contributed by atoms with Gasteiger partial charge in [0, 0.05) is 38.1 Å². The number of amides is 1. The first-order valence-corrected chi connectivity index (χ1v) is 14.9. The zero-order valence-corrected chi connectivity index (χ0v) is 22.5. The van der Waals surface area contributed by atoms with Gasteiger partial charge in [-0.05, 0) is 61.4 Å². The lowest BCUT2D eigenvalue weighted by molar-refractivity contribution is 0.102. The molecule has 0 bridgehead atoms. The highest BCUT2D eigenvalue weighted by Crippen LogP contribution is 2.54. The van der Waals surface area contributed by atoms with Crippen LogP contribution in [-0.4, -0.2) is 77.0 Å². The SMILES string of the molecule is O=C(Nc1ccc(S(=O)(=O)NCCO)cc1N1CCC2(CC1)CC2)c1cc2ccoc2c(N2CCOCC2)n1. The lowest BCUT2D eigenvalue weighted by atomic mass is 9.93. The van der Waals surface area contributed by atoms with E-state index >= 15 is 0 Å². The van der Waals surface area contributed by atoms with Crippen molar-refractivity contribution in [3.8, 4) is 0 Å². The number of aliphatic hydroxyl groups is 1. The largest absolute Gasteiger partial charge is 0.460 e. The first-order chi connectivity index (χ1) is 18.9. The number of piperidine rings is 1. The van der Waals surface area contributed by atoms with Gasteiger partial charge in [0.05, 0.1) is 42.4 Å². The van der Waals surface area contributed by atoms with Crippen molar-refractivity contribution in [2.24, 2.45) is 5.41 Å². The van der Waals surface area contributed by atoms with Gasteiger partial charge in [0.1, 0.15) is 5.69 Å². The first kappa shape index (κ1) is 26.1. The van der Waals surface area contributed by atoms with Gasteiger partial charge in [-0.15, -0.1) is 0 Å². The van der Waals surface area contributed by atoms with Gasteiger partial charge < -0.3 is 29.4 Å². The normalized spacial score (nSPS) is 19.0. The third kappa shape index (κ3) is 5.33. The van der Waals surface area contributed by atoms with Crippen molar-refractivity contribution in [1.82, 2.24) is 9.71 Å². The summed E-state index contributed by atoms with van der Waals surface area (Å²) in [5.41, 5.74) is 2.49. The summed E-state index contributed by atoms with van der Waals surface area (Å²) >= 11 is 0. The van der Waals surface area contributed by atoms with Gasteiger partial charge in [-0.25, -0.2) is 18.1 Å². The molecule has 1 spiro atoms. The number of anilines is 3. The maximum atomic E-state index is 13.6. The number of hydrogen-bond donors (Lipinski definition) is 3. The molecular weight excluding hydrogens is 522 g/mol. The minimum absolute atomic E-state index is 0.0734. The van der Waals surface area contributed by atoms with Gasteiger partial charge >= 0.3 is 0 Å². The quantitative estimate of drug-likeness (QED) is 0.383. The molecule has 0 unspecified atom stereocenters. The number of benzene rings is 1. The Bertz CT molecular complexity index is 1470. The van der Waals surface area contributed by atoms with Gasteiger partial charge in [0.15, 0.2) is 11.4 Å². The van der Waals surface area contributed by atoms with Gasteiger partial charge in [0.2, 0.25) is 10.0 Å². The monoisotopic (exact) mass is 555 g/mol.